The summed E-state index contributed by atoms with van der Waals surface area (Å²) in [5.41, 5.74) is 1.01. The summed E-state index contributed by atoms with van der Waals surface area (Å²) in [7, 11) is 0. The van der Waals surface area contributed by atoms with Crippen LogP contribution in [0.25, 0.3) is 0 Å². The molecular formula is C21H31ClN4O. The van der Waals surface area contributed by atoms with Gasteiger partial charge in [-0.05, 0) is 37.8 Å². The van der Waals surface area contributed by atoms with Crippen molar-refractivity contribution in [1.29, 1.82) is 0 Å². The third-order valence-electron chi connectivity index (χ3n) is 5.50. The van der Waals surface area contributed by atoms with Gasteiger partial charge in [-0.15, -0.1) is 0 Å². The Balaban J connectivity index is 1.54. The van der Waals surface area contributed by atoms with E-state index in [1.54, 1.807) is 0 Å². The Kier molecular flexibility index (Phi) is 7.39. The van der Waals surface area contributed by atoms with Gasteiger partial charge in [-0.3, -0.25) is 4.79 Å². The van der Waals surface area contributed by atoms with Gasteiger partial charge in [-0.25, -0.2) is 4.99 Å². The van der Waals surface area contributed by atoms with Gasteiger partial charge in [-0.2, -0.15) is 0 Å². The highest BCUT2D eigenvalue weighted by atomic mass is 35.5. The number of likely N-dealkylation sites (tertiary alicyclic amines) is 1. The van der Waals surface area contributed by atoms with Crippen molar-refractivity contribution >= 4 is 23.5 Å². The number of carbonyl (C=O) groups is 1. The largest absolute Gasteiger partial charge is 0.357 e. The van der Waals surface area contributed by atoms with Gasteiger partial charge in [0.25, 0.3) is 0 Å². The van der Waals surface area contributed by atoms with Crippen LogP contribution in [0.5, 0.6) is 0 Å². The molecule has 2 aliphatic rings. The number of rotatable bonds is 5. The molecule has 27 heavy (non-hydrogen) atoms. The van der Waals surface area contributed by atoms with E-state index in [0.717, 1.165) is 55.4 Å². The van der Waals surface area contributed by atoms with Crippen LogP contribution in [0.4, 0.5) is 0 Å². The van der Waals surface area contributed by atoms with Crippen molar-refractivity contribution < 1.29 is 4.79 Å². The Hall–Kier alpha value is -1.75. The fourth-order valence-electron chi connectivity index (χ4n) is 3.99. The van der Waals surface area contributed by atoms with Gasteiger partial charge in [0.2, 0.25) is 5.91 Å². The lowest BCUT2D eigenvalue weighted by Gasteiger charge is -2.26. The Labute approximate surface area is 167 Å². The summed E-state index contributed by atoms with van der Waals surface area (Å²) >= 11 is 6.23. The molecule has 148 valence electrons. The monoisotopic (exact) mass is 390 g/mol. The van der Waals surface area contributed by atoms with E-state index in [2.05, 4.69) is 22.5 Å². The number of amides is 1. The van der Waals surface area contributed by atoms with E-state index in [4.69, 9.17) is 11.6 Å². The van der Waals surface area contributed by atoms with Gasteiger partial charge in [0.05, 0.1) is 6.54 Å². The summed E-state index contributed by atoms with van der Waals surface area (Å²) in [4.78, 5) is 19.5. The fourth-order valence-corrected chi connectivity index (χ4v) is 4.19. The zero-order chi connectivity index (χ0) is 19.1. The molecular weight excluding hydrogens is 360 g/mol. The van der Waals surface area contributed by atoms with Gasteiger partial charge in [-0.1, -0.05) is 49.1 Å². The average Bonchev–Trinajstić information content (AvgIpc) is 3.16. The molecule has 1 unspecified atom stereocenters. The van der Waals surface area contributed by atoms with Gasteiger partial charge in [0, 0.05) is 36.6 Å². The minimum atomic E-state index is 0.250. The molecule has 3 rings (SSSR count). The smallest absolute Gasteiger partial charge is 0.225 e. The number of benzene rings is 1. The fraction of sp³-hybridized carbons (Fsp3) is 0.619. The first-order valence-corrected chi connectivity index (χ1v) is 10.6. The van der Waals surface area contributed by atoms with Crippen molar-refractivity contribution in [2.45, 2.75) is 58.0 Å². The Morgan fingerprint density at radius 3 is 2.74 bits per heavy atom. The van der Waals surface area contributed by atoms with Crippen molar-refractivity contribution in [3.63, 3.8) is 0 Å². The van der Waals surface area contributed by atoms with Crippen molar-refractivity contribution in [3.05, 3.63) is 34.9 Å². The van der Waals surface area contributed by atoms with Gasteiger partial charge in [0.1, 0.15) is 0 Å². The number of carbonyl (C=O) groups excluding carboxylic acids is 1. The highest BCUT2D eigenvalue weighted by Gasteiger charge is 2.31. The molecule has 1 saturated carbocycles. The van der Waals surface area contributed by atoms with Gasteiger partial charge in [0.15, 0.2) is 5.96 Å². The van der Waals surface area contributed by atoms with E-state index < -0.39 is 0 Å². The molecule has 1 aromatic carbocycles. The minimum absolute atomic E-state index is 0.250. The van der Waals surface area contributed by atoms with Crippen molar-refractivity contribution in [2.75, 3.05) is 19.6 Å². The molecule has 2 fully saturated rings. The second kappa shape index (κ2) is 9.98. The van der Waals surface area contributed by atoms with Crippen molar-refractivity contribution in [3.8, 4) is 0 Å². The van der Waals surface area contributed by atoms with Gasteiger partial charge < -0.3 is 15.5 Å². The SMILES string of the molecule is CCNC(=NCc1ccccc1Cl)NC1CCN(C(=O)C2CCCCC2)C1. The molecule has 6 heteroatoms. The first kappa shape index (κ1) is 20.0. The number of halogens is 1. The molecule has 0 radical (unpaired) electrons. The zero-order valence-corrected chi connectivity index (χ0v) is 17.0. The highest BCUT2D eigenvalue weighted by molar-refractivity contribution is 6.31. The van der Waals surface area contributed by atoms with Crippen LogP contribution >= 0.6 is 11.6 Å². The Morgan fingerprint density at radius 2 is 2.00 bits per heavy atom. The Morgan fingerprint density at radius 1 is 1.22 bits per heavy atom. The van der Waals surface area contributed by atoms with E-state index in [0.29, 0.717) is 12.5 Å². The van der Waals surface area contributed by atoms with Crippen LogP contribution in [0.1, 0.15) is 51.0 Å². The van der Waals surface area contributed by atoms with E-state index in [1.807, 2.05) is 29.2 Å². The molecule has 0 spiro atoms. The lowest BCUT2D eigenvalue weighted by molar-refractivity contribution is -0.135. The number of nitrogens with one attached hydrogen (secondary N) is 2. The maximum atomic E-state index is 12.7. The van der Waals surface area contributed by atoms with Crippen molar-refractivity contribution in [2.24, 2.45) is 10.9 Å². The lowest BCUT2D eigenvalue weighted by Crippen LogP contribution is -2.45. The van der Waals surface area contributed by atoms with Crippen LogP contribution in [0, 0.1) is 5.92 Å². The molecule has 5 nitrogen and oxygen atoms in total. The maximum Gasteiger partial charge on any atom is 0.225 e. The van der Waals surface area contributed by atoms with Crippen LogP contribution in [0.15, 0.2) is 29.3 Å². The molecule has 1 aliphatic carbocycles. The molecule has 1 aromatic rings. The molecule has 0 bridgehead atoms. The molecule has 1 atom stereocenters. The van der Waals surface area contributed by atoms with E-state index in [-0.39, 0.29) is 12.0 Å². The van der Waals surface area contributed by atoms with Crippen LogP contribution < -0.4 is 10.6 Å². The lowest BCUT2D eigenvalue weighted by atomic mass is 9.88. The molecule has 1 aliphatic heterocycles. The van der Waals surface area contributed by atoms with Crippen LogP contribution in [0.2, 0.25) is 5.02 Å². The minimum Gasteiger partial charge on any atom is -0.357 e. The topological polar surface area (TPSA) is 56.7 Å². The molecule has 2 N–H and O–H groups in total. The van der Waals surface area contributed by atoms with E-state index >= 15 is 0 Å². The first-order valence-electron chi connectivity index (χ1n) is 10.2. The zero-order valence-electron chi connectivity index (χ0n) is 16.2. The summed E-state index contributed by atoms with van der Waals surface area (Å²) in [5, 5.41) is 7.53. The summed E-state index contributed by atoms with van der Waals surface area (Å²) in [6.45, 7) is 5.00. The predicted molar refractivity (Wildman–Crippen MR) is 111 cm³/mol. The third kappa shape index (κ3) is 5.61. The summed E-state index contributed by atoms with van der Waals surface area (Å²) in [6.07, 6.45) is 6.78. The highest BCUT2D eigenvalue weighted by Crippen LogP contribution is 2.26. The Bertz CT molecular complexity index is 657. The third-order valence-corrected chi connectivity index (χ3v) is 5.87. The maximum absolute atomic E-state index is 12.7. The summed E-state index contributed by atoms with van der Waals surface area (Å²) in [6, 6.07) is 8.04. The summed E-state index contributed by atoms with van der Waals surface area (Å²) < 4.78 is 0. The number of nitrogens with zero attached hydrogens (tertiary/aromatic N) is 2. The predicted octanol–water partition coefficient (Wildman–Crippen LogP) is 3.58. The van der Waals surface area contributed by atoms with E-state index in [9.17, 15) is 4.79 Å². The average molecular weight is 391 g/mol. The quantitative estimate of drug-likeness (QED) is 0.596. The second-order valence-electron chi connectivity index (χ2n) is 7.54. The standard InChI is InChI=1S/C21H31ClN4O/c1-2-23-21(24-14-17-10-6-7-11-19(17)22)25-18-12-13-26(15-18)20(27)16-8-4-3-5-9-16/h6-7,10-11,16,18H,2-5,8-9,12-15H2,1H3,(H2,23,24,25). The van der Waals surface area contributed by atoms with Gasteiger partial charge >= 0.3 is 0 Å². The first-order chi connectivity index (χ1) is 13.2. The molecule has 1 heterocycles. The second-order valence-corrected chi connectivity index (χ2v) is 7.94. The number of aliphatic imine (C=N–C) groups is 1. The molecule has 1 saturated heterocycles. The normalized spacial score (nSPS) is 21.3. The van der Waals surface area contributed by atoms with Crippen molar-refractivity contribution in [1.82, 2.24) is 15.5 Å². The summed E-state index contributed by atoms with van der Waals surface area (Å²) in [5.74, 6) is 1.39. The number of guanidine groups is 1. The van der Waals surface area contributed by atoms with E-state index in [1.165, 1.54) is 19.3 Å². The van der Waals surface area contributed by atoms with Crippen LogP contribution in [-0.4, -0.2) is 42.4 Å². The number of hydrogen-bond donors (Lipinski definition) is 2. The number of hydrogen-bond acceptors (Lipinski definition) is 2. The molecule has 1 amide bonds. The molecule has 0 aromatic heterocycles. The van der Waals surface area contributed by atoms with Crippen LogP contribution in [-0.2, 0) is 11.3 Å². The van der Waals surface area contributed by atoms with Crippen LogP contribution in [0.3, 0.4) is 0 Å².